The van der Waals surface area contributed by atoms with Gasteiger partial charge in [0, 0.05) is 11.8 Å². The van der Waals surface area contributed by atoms with E-state index in [-0.39, 0.29) is 23.7 Å². The Morgan fingerprint density at radius 2 is 1.47 bits per heavy atom. The molecule has 0 N–H and O–H groups in total. The van der Waals surface area contributed by atoms with E-state index in [1.807, 2.05) is 72.8 Å². The fraction of sp³-hybridized carbons (Fsp3) is 0.185. The predicted molar refractivity (Wildman–Crippen MR) is 115 cm³/mol. The molecule has 3 aliphatic carbocycles. The van der Waals surface area contributed by atoms with Crippen LogP contribution in [0, 0.1) is 5.92 Å². The van der Waals surface area contributed by atoms with Crippen LogP contribution in [0.15, 0.2) is 97.1 Å². The molecule has 4 atom stereocenters. The highest BCUT2D eigenvalue weighted by Crippen LogP contribution is 2.62. The Hall–Kier alpha value is -3.46. The molecule has 1 heterocycles. The van der Waals surface area contributed by atoms with Gasteiger partial charge >= 0.3 is 0 Å². The highest BCUT2D eigenvalue weighted by Gasteiger charge is 2.67. The number of carbonyl (C=O) groups is 2. The lowest BCUT2D eigenvalue weighted by Gasteiger charge is -2.48. The van der Waals surface area contributed by atoms with E-state index in [0.717, 1.165) is 16.7 Å². The zero-order chi connectivity index (χ0) is 20.3. The number of hydrogen-bond acceptors (Lipinski definition) is 2. The molecule has 3 heteroatoms. The van der Waals surface area contributed by atoms with Gasteiger partial charge in [0.25, 0.3) is 0 Å². The van der Waals surface area contributed by atoms with Crippen molar-refractivity contribution < 1.29 is 9.59 Å². The van der Waals surface area contributed by atoms with Gasteiger partial charge in [-0.3, -0.25) is 14.5 Å². The van der Waals surface area contributed by atoms with Crippen LogP contribution in [0.2, 0.25) is 0 Å². The van der Waals surface area contributed by atoms with Gasteiger partial charge in [0.2, 0.25) is 11.8 Å². The highest BCUT2D eigenvalue weighted by molar-refractivity contribution is 6.13. The van der Waals surface area contributed by atoms with E-state index in [0.29, 0.717) is 6.54 Å². The van der Waals surface area contributed by atoms with Crippen molar-refractivity contribution in [2.45, 2.75) is 23.8 Å². The lowest BCUT2D eigenvalue weighted by Crippen LogP contribution is -2.49. The van der Waals surface area contributed by atoms with Gasteiger partial charge in [-0.05, 0) is 22.3 Å². The number of likely N-dealkylation sites (tertiary alicyclic amines) is 1. The van der Waals surface area contributed by atoms with Gasteiger partial charge in [0.1, 0.15) is 5.41 Å². The van der Waals surface area contributed by atoms with Crippen LogP contribution in [-0.2, 0) is 21.5 Å². The van der Waals surface area contributed by atoms with Gasteiger partial charge in [-0.15, -0.1) is 0 Å². The molecule has 1 aliphatic heterocycles. The summed E-state index contributed by atoms with van der Waals surface area (Å²) in [6, 6.07) is 28.1. The molecule has 7 rings (SSSR count). The van der Waals surface area contributed by atoms with Gasteiger partial charge in [-0.1, -0.05) is 97.1 Å². The SMILES string of the molecule is O=C1C2C(c3ccccc3)C3C=CC2(C(=O)N1Cc1ccccc1)c1ccccc13. The minimum Gasteiger partial charge on any atom is -0.277 e. The molecule has 30 heavy (non-hydrogen) atoms. The number of nitrogens with zero attached hydrogens (tertiary/aromatic N) is 1. The molecule has 1 saturated heterocycles. The molecule has 0 aromatic heterocycles. The van der Waals surface area contributed by atoms with Crippen molar-refractivity contribution in [3.63, 3.8) is 0 Å². The molecule has 3 aromatic carbocycles. The Kier molecular flexibility index (Phi) is 3.64. The summed E-state index contributed by atoms with van der Waals surface area (Å²) in [6.07, 6.45) is 4.18. The minimum absolute atomic E-state index is 0.0386. The average molecular weight is 391 g/mol. The molecule has 1 spiro atoms. The van der Waals surface area contributed by atoms with Crippen LogP contribution in [0.1, 0.15) is 34.1 Å². The first-order valence-corrected chi connectivity index (χ1v) is 10.5. The predicted octanol–water partition coefficient (Wildman–Crippen LogP) is 4.56. The van der Waals surface area contributed by atoms with Crippen LogP contribution in [-0.4, -0.2) is 16.7 Å². The number of imide groups is 1. The molecule has 0 radical (unpaired) electrons. The van der Waals surface area contributed by atoms with Crippen molar-refractivity contribution in [3.8, 4) is 0 Å². The second-order valence-electron chi connectivity index (χ2n) is 8.47. The topological polar surface area (TPSA) is 37.4 Å². The molecule has 2 bridgehead atoms. The summed E-state index contributed by atoms with van der Waals surface area (Å²) in [4.78, 5) is 29.2. The molecule has 4 aliphatic rings. The molecule has 1 fully saturated rings. The lowest BCUT2D eigenvalue weighted by atomic mass is 9.51. The quantitative estimate of drug-likeness (QED) is 0.485. The third-order valence-corrected chi connectivity index (χ3v) is 7.07. The maximum atomic E-state index is 13.9. The van der Waals surface area contributed by atoms with Gasteiger partial charge in [-0.2, -0.15) is 0 Å². The summed E-state index contributed by atoms with van der Waals surface area (Å²) < 4.78 is 0. The molecule has 0 saturated carbocycles. The van der Waals surface area contributed by atoms with Crippen LogP contribution >= 0.6 is 0 Å². The first-order valence-electron chi connectivity index (χ1n) is 10.5. The maximum Gasteiger partial charge on any atom is 0.244 e. The normalized spacial score (nSPS) is 28.5. The van der Waals surface area contributed by atoms with Crippen molar-refractivity contribution in [1.82, 2.24) is 4.90 Å². The van der Waals surface area contributed by atoms with E-state index in [1.54, 1.807) is 0 Å². The Balaban J connectivity index is 1.55. The van der Waals surface area contributed by atoms with Crippen molar-refractivity contribution in [2.75, 3.05) is 0 Å². The summed E-state index contributed by atoms with van der Waals surface area (Å²) in [5, 5.41) is 0. The monoisotopic (exact) mass is 391 g/mol. The molecule has 3 nitrogen and oxygen atoms in total. The zero-order valence-corrected chi connectivity index (χ0v) is 16.4. The Bertz CT molecular complexity index is 1180. The van der Waals surface area contributed by atoms with E-state index < -0.39 is 11.3 Å². The van der Waals surface area contributed by atoms with Crippen LogP contribution in [0.3, 0.4) is 0 Å². The largest absolute Gasteiger partial charge is 0.277 e. The van der Waals surface area contributed by atoms with Crippen molar-refractivity contribution >= 4 is 11.8 Å². The number of hydrogen-bond donors (Lipinski definition) is 0. The minimum atomic E-state index is -0.905. The van der Waals surface area contributed by atoms with Crippen molar-refractivity contribution in [2.24, 2.45) is 5.92 Å². The summed E-state index contributed by atoms with van der Waals surface area (Å²) in [5.41, 5.74) is 3.37. The summed E-state index contributed by atoms with van der Waals surface area (Å²) >= 11 is 0. The first kappa shape index (κ1) is 17.4. The van der Waals surface area contributed by atoms with Gasteiger partial charge in [0.05, 0.1) is 12.5 Å². The van der Waals surface area contributed by atoms with E-state index in [4.69, 9.17) is 0 Å². The fourth-order valence-corrected chi connectivity index (χ4v) is 5.84. The summed E-state index contributed by atoms with van der Waals surface area (Å²) in [6.45, 7) is 0.318. The van der Waals surface area contributed by atoms with E-state index >= 15 is 0 Å². The summed E-state index contributed by atoms with van der Waals surface area (Å²) in [7, 11) is 0. The van der Waals surface area contributed by atoms with Gasteiger partial charge < -0.3 is 0 Å². The number of rotatable bonds is 3. The maximum absolute atomic E-state index is 13.9. The third-order valence-electron chi connectivity index (χ3n) is 7.07. The molecular weight excluding hydrogens is 370 g/mol. The number of carbonyl (C=O) groups excluding carboxylic acids is 2. The van der Waals surface area contributed by atoms with E-state index in [1.165, 1.54) is 10.5 Å². The lowest BCUT2D eigenvalue weighted by molar-refractivity contribution is -0.140. The zero-order valence-electron chi connectivity index (χ0n) is 16.4. The van der Waals surface area contributed by atoms with Crippen LogP contribution in [0.5, 0.6) is 0 Å². The molecular formula is C27H21NO2. The molecule has 3 aromatic rings. The standard InChI is InChI=1S/C27H21NO2/c29-25-24-23(19-11-5-2-6-12-19)21-15-16-27(24,22-14-8-7-13-20(21)22)26(30)28(25)17-18-9-3-1-4-10-18/h1-16,21,23-24H,17H2. The van der Waals surface area contributed by atoms with Crippen LogP contribution in [0.4, 0.5) is 0 Å². The highest BCUT2D eigenvalue weighted by atomic mass is 16.2. The molecule has 4 unspecified atom stereocenters. The fourth-order valence-electron chi connectivity index (χ4n) is 5.84. The van der Waals surface area contributed by atoms with Crippen molar-refractivity contribution in [1.29, 1.82) is 0 Å². The Labute approximate surface area is 175 Å². The van der Waals surface area contributed by atoms with Gasteiger partial charge in [0.15, 0.2) is 0 Å². The van der Waals surface area contributed by atoms with Crippen molar-refractivity contribution in [3.05, 3.63) is 119 Å². The third kappa shape index (κ3) is 2.15. The first-order chi connectivity index (χ1) is 14.7. The number of benzene rings is 3. The van der Waals surface area contributed by atoms with Gasteiger partial charge in [-0.25, -0.2) is 0 Å². The van der Waals surface area contributed by atoms with E-state index in [2.05, 4.69) is 24.3 Å². The average Bonchev–Trinajstić information content (AvgIpc) is 3.03. The molecule has 146 valence electrons. The smallest absolute Gasteiger partial charge is 0.244 e. The Morgan fingerprint density at radius 3 is 2.23 bits per heavy atom. The number of amides is 2. The summed E-state index contributed by atoms with van der Waals surface area (Å²) in [5.74, 6) is -0.487. The van der Waals surface area contributed by atoms with Crippen LogP contribution in [0.25, 0.3) is 0 Å². The number of allylic oxidation sites excluding steroid dienone is 1. The van der Waals surface area contributed by atoms with E-state index in [9.17, 15) is 9.59 Å². The van der Waals surface area contributed by atoms with Crippen LogP contribution < -0.4 is 0 Å². The second kappa shape index (κ2) is 6.27. The molecule has 2 amide bonds. The second-order valence-corrected chi connectivity index (χ2v) is 8.47. The Morgan fingerprint density at radius 1 is 0.800 bits per heavy atom.